The van der Waals surface area contributed by atoms with Crippen LogP contribution in [0.1, 0.15) is 16.5 Å². The highest BCUT2D eigenvalue weighted by atomic mass is 32.1. The summed E-state index contributed by atoms with van der Waals surface area (Å²) in [7, 11) is 0. The van der Waals surface area contributed by atoms with Crippen molar-refractivity contribution in [2.24, 2.45) is 0 Å². The van der Waals surface area contributed by atoms with Crippen molar-refractivity contribution in [2.45, 2.75) is 12.5 Å². The lowest BCUT2D eigenvalue weighted by atomic mass is 9.99. The zero-order chi connectivity index (χ0) is 12.4. The van der Waals surface area contributed by atoms with E-state index >= 15 is 0 Å². The van der Waals surface area contributed by atoms with Gasteiger partial charge >= 0.3 is 0 Å². The zero-order valence-electron chi connectivity index (χ0n) is 9.65. The lowest BCUT2D eigenvalue weighted by Crippen LogP contribution is -2.00. The molecule has 3 aromatic rings. The van der Waals surface area contributed by atoms with Gasteiger partial charge in [0.05, 0.1) is 17.2 Å². The molecule has 0 spiro atoms. The molecule has 18 heavy (non-hydrogen) atoms. The molecule has 0 aliphatic rings. The third kappa shape index (κ3) is 2.12. The van der Waals surface area contributed by atoms with Crippen LogP contribution in [0, 0.1) is 0 Å². The van der Waals surface area contributed by atoms with Gasteiger partial charge in [0, 0.05) is 6.42 Å². The molecule has 0 radical (unpaired) electrons. The highest BCUT2D eigenvalue weighted by molar-refractivity contribution is 7.05. The number of hydrogen-bond acceptors (Lipinski definition) is 4. The van der Waals surface area contributed by atoms with E-state index in [-0.39, 0.29) is 0 Å². The molecule has 0 saturated heterocycles. The van der Waals surface area contributed by atoms with Gasteiger partial charge in [-0.1, -0.05) is 47.0 Å². The van der Waals surface area contributed by atoms with E-state index in [1.807, 2.05) is 18.2 Å². The number of benzene rings is 2. The molecule has 0 aliphatic heterocycles. The minimum Gasteiger partial charge on any atom is -0.387 e. The van der Waals surface area contributed by atoms with Gasteiger partial charge in [-0.05, 0) is 27.9 Å². The van der Waals surface area contributed by atoms with Gasteiger partial charge in [0.2, 0.25) is 0 Å². The van der Waals surface area contributed by atoms with E-state index in [1.54, 1.807) is 6.20 Å². The van der Waals surface area contributed by atoms with Crippen LogP contribution in [0.15, 0.2) is 48.7 Å². The molecule has 0 amide bonds. The molecular formula is C14H12N2OS. The molecule has 3 rings (SSSR count). The topological polar surface area (TPSA) is 46.0 Å². The summed E-state index contributed by atoms with van der Waals surface area (Å²) in [5, 5.41) is 16.3. The van der Waals surface area contributed by atoms with Crippen LogP contribution in [0.2, 0.25) is 0 Å². The second-order valence-corrected chi connectivity index (χ2v) is 5.00. The Labute approximate surface area is 109 Å². The van der Waals surface area contributed by atoms with E-state index in [2.05, 4.69) is 33.9 Å². The second-order valence-electron chi connectivity index (χ2n) is 4.18. The summed E-state index contributed by atoms with van der Waals surface area (Å²) in [5.74, 6) is 0. The van der Waals surface area contributed by atoms with Gasteiger partial charge in [-0.2, -0.15) is 0 Å². The lowest BCUT2D eigenvalue weighted by Gasteiger charge is -2.10. The van der Waals surface area contributed by atoms with Gasteiger partial charge in [-0.3, -0.25) is 0 Å². The molecule has 1 atom stereocenters. The zero-order valence-corrected chi connectivity index (χ0v) is 10.5. The molecular weight excluding hydrogens is 244 g/mol. The molecule has 1 heterocycles. The maximum absolute atomic E-state index is 10.2. The van der Waals surface area contributed by atoms with Crippen molar-refractivity contribution in [1.82, 2.24) is 9.59 Å². The van der Waals surface area contributed by atoms with Crippen LogP contribution >= 0.6 is 11.5 Å². The molecule has 3 nitrogen and oxygen atoms in total. The first-order chi connectivity index (χ1) is 8.84. The fourth-order valence-electron chi connectivity index (χ4n) is 2.10. The summed E-state index contributed by atoms with van der Waals surface area (Å²) < 4.78 is 3.78. The van der Waals surface area contributed by atoms with Crippen molar-refractivity contribution in [1.29, 1.82) is 0 Å². The largest absolute Gasteiger partial charge is 0.387 e. The fraction of sp³-hybridized carbons (Fsp3) is 0.143. The quantitative estimate of drug-likeness (QED) is 0.783. The number of fused-ring (bicyclic) bond motifs is 1. The van der Waals surface area contributed by atoms with Gasteiger partial charge in [-0.25, -0.2) is 0 Å². The van der Waals surface area contributed by atoms with Crippen LogP contribution in [0.3, 0.4) is 0 Å². The van der Waals surface area contributed by atoms with E-state index < -0.39 is 6.10 Å². The Morgan fingerprint density at radius 2 is 1.94 bits per heavy atom. The molecule has 0 bridgehead atoms. The Bertz CT molecular complexity index is 646. The monoisotopic (exact) mass is 256 g/mol. The Morgan fingerprint density at radius 3 is 2.78 bits per heavy atom. The van der Waals surface area contributed by atoms with Crippen molar-refractivity contribution < 1.29 is 5.11 Å². The number of nitrogens with zero attached hydrogens (tertiary/aromatic N) is 2. The first-order valence-corrected chi connectivity index (χ1v) is 6.54. The Hall–Kier alpha value is -1.78. The minimum atomic E-state index is -0.532. The van der Waals surface area contributed by atoms with Crippen molar-refractivity contribution in [2.75, 3.05) is 0 Å². The number of aliphatic hydroxyl groups is 1. The molecule has 0 fully saturated rings. The lowest BCUT2D eigenvalue weighted by molar-refractivity contribution is 0.182. The third-order valence-corrected chi connectivity index (χ3v) is 3.76. The number of hydrogen-bond donors (Lipinski definition) is 1. The van der Waals surface area contributed by atoms with Crippen LogP contribution in [-0.2, 0) is 6.42 Å². The Morgan fingerprint density at radius 1 is 1.11 bits per heavy atom. The van der Waals surface area contributed by atoms with Gasteiger partial charge in [0.15, 0.2) is 0 Å². The van der Waals surface area contributed by atoms with Gasteiger partial charge in [0.25, 0.3) is 0 Å². The first-order valence-electron chi connectivity index (χ1n) is 5.76. The summed E-state index contributed by atoms with van der Waals surface area (Å²) in [5.41, 5.74) is 1.15. The van der Waals surface area contributed by atoms with Gasteiger partial charge in [-0.15, -0.1) is 5.10 Å². The molecule has 4 heteroatoms. The molecule has 90 valence electrons. The van der Waals surface area contributed by atoms with Crippen LogP contribution < -0.4 is 0 Å². The van der Waals surface area contributed by atoms with Crippen molar-refractivity contribution >= 4 is 22.3 Å². The first kappa shape index (κ1) is 11.3. The van der Waals surface area contributed by atoms with Crippen LogP contribution in [-0.4, -0.2) is 14.7 Å². The second kappa shape index (κ2) is 4.84. The number of rotatable bonds is 3. The van der Waals surface area contributed by atoms with Gasteiger partial charge in [0.1, 0.15) is 0 Å². The maximum atomic E-state index is 10.2. The fourth-order valence-corrected chi connectivity index (χ4v) is 2.59. The maximum Gasteiger partial charge on any atom is 0.0954 e. The molecule has 0 saturated carbocycles. The molecule has 1 aromatic heterocycles. The highest BCUT2D eigenvalue weighted by Gasteiger charge is 2.12. The Kier molecular flexibility index (Phi) is 3.04. The van der Waals surface area contributed by atoms with Crippen molar-refractivity contribution in [3.05, 3.63) is 59.1 Å². The van der Waals surface area contributed by atoms with Crippen LogP contribution in [0.5, 0.6) is 0 Å². The van der Waals surface area contributed by atoms with E-state index in [0.29, 0.717) is 6.42 Å². The highest BCUT2D eigenvalue weighted by Crippen LogP contribution is 2.25. The third-order valence-electron chi connectivity index (χ3n) is 3.00. The van der Waals surface area contributed by atoms with Crippen LogP contribution in [0.25, 0.3) is 10.8 Å². The van der Waals surface area contributed by atoms with E-state index in [4.69, 9.17) is 0 Å². The smallest absolute Gasteiger partial charge is 0.0954 e. The SMILES string of the molecule is OC(Cc1cccc2ccccc12)c1cnns1. The average Bonchev–Trinajstić information content (AvgIpc) is 2.93. The molecule has 0 aliphatic carbocycles. The van der Waals surface area contributed by atoms with Gasteiger partial charge < -0.3 is 5.11 Å². The number of aromatic nitrogens is 2. The summed E-state index contributed by atoms with van der Waals surface area (Å²) in [6.45, 7) is 0. The van der Waals surface area contributed by atoms with E-state index in [1.165, 1.54) is 22.3 Å². The predicted octanol–water partition coefficient (Wildman–Crippen LogP) is 2.97. The number of aliphatic hydroxyl groups excluding tert-OH is 1. The van der Waals surface area contributed by atoms with Crippen molar-refractivity contribution in [3.8, 4) is 0 Å². The predicted molar refractivity (Wildman–Crippen MR) is 72.5 cm³/mol. The van der Waals surface area contributed by atoms with E-state index in [9.17, 15) is 5.11 Å². The van der Waals surface area contributed by atoms with Crippen LogP contribution in [0.4, 0.5) is 0 Å². The molecule has 1 unspecified atom stereocenters. The van der Waals surface area contributed by atoms with E-state index in [0.717, 1.165) is 10.4 Å². The molecule has 1 N–H and O–H groups in total. The summed E-state index contributed by atoms with van der Waals surface area (Å²) in [6, 6.07) is 14.4. The standard InChI is InChI=1S/C14H12N2OS/c17-13(14-9-15-16-18-14)8-11-6-3-5-10-4-1-2-7-12(10)11/h1-7,9,13,17H,8H2. The summed E-state index contributed by atoms with van der Waals surface area (Å²) in [6.07, 6.45) is 1.68. The molecule has 2 aromatic carbocycles. The summed E-state index contributed by atoms with van der Waals surface area (Å²) in [4.78, 5) is 0.808. The average molecular weight is 256 g/mol. The summed E-state index contributed by atoms with van der Waals surface area (Å²) >= 11 is 1.24. The van der Waals surface area contributed by atoms with Crippen molar-refractivity contribution in [3.63, 3.8) is 0 Å². The normalized spacial score (nSPS) is 12.7. The Balaban J connectivity index is 1.95. The minimum absolute atomic E-state index is 0.532.